The first-order valence-electron chi connectivity index (χ1n) is 3.61. The Labute approximate surface area is 84.7 Å². The molecule has 66 valence electrons. The van der Waals surface area contributed by atoms with E-state index in [0.29, 0.717) is 20.9 Å². The van der Waals surface area contributed by atoms with Crippen molar-refractivity contribution in [2.45, 2.75) is 0 Å². The van der Waals surface area contributed by atoms with Crippen molar-refractivity contribution in [1.82, 2.24) is 4.98 Å². The van der Waals surface area contributed by atoms with E-state index in [1.165, 1.54) is 12.3 Å². The number of fused-ring (bicyclic) bond motifs is 1. The number of benzene rings is 1. The van der Waals surface area contributed by atoms with Gasteiger partial charge in [0.05, 0.1) is 10.0 Å². The van der Waals surface area contributed by atoms with Crippen molar-refractivity contribution >= 4 is 34.1 Å². The van der Waals surface area contributed by atoms with Crippen LogP contribution in [0, 0.1) is 0 Å². The molecule has 0 aliphatic rings. The van der Waals surface area contributed by atoms with Crippen molar-refractivity contribution in [1.29, 1.82) is 0 Å². The molecule has 0 saturated heterocycles. The molecular weight excluding hydrogens is 209 g/mol. The van der Waals surface area contributed by atoms with E-state index in [1.54, 1.807) is 12.1 Å². The Morgan fingerprint density at radius 2 is 2.00 bits per heavy atom. The Hall–Kier alpha value is -0.990. The summed E-state index contributed by atoms with van der Waals surface area (Å²) in [6.07, 6.45) is 1.47. The maximum absolute atomic E-state index is 9.42. The number of phenolic OH excluding ortho intramolecular Hbond substituents is 1. The summed E-state index contributed by atoms with van der Waals surface area (Å²) in [7, 11) is 0. The average molecular weight is 214 g/mol. The fraction of sp³-hybridized carbons (Fsp3) is 0. The quantitative estimate of drug-likeness (QED) is 0.730. The third kappa shape index (κ3) is 1.43. The number of hydrogen-bond acceptors (Lipinski definition) is 2. The lowest BCUT2D eigenvalue weighted by molar-refractivity contribution is 0.480. The lowest BCUT2D eigenvalue weighted by Gasteiger charge is -2.01. The van der Waals surface area contributed by atoms with Gasteiger partial charge in [-0.25, -0.2) is 0 Å². The molecule has 0 saturated carbocycles. The Kier molecular flexibility index (Phi) is 2.02. The van der Waals surface area contributed by atoms with E-state index in [0.717, 1.165) is 0 Å². The van der Waals surface area contributed by atoms with Gasteiger partial charge in [-0.2, -0.15) is 0 Å². The second-order valence-corrected chi connectivity index (χ2v) is 3.46. The smallest absolute Gasteiger partial charge is 0.141 e. The molecule has 1 aromatic heterocycles. The minimum atomic E-state index is 0.107. The van der Waals surface area contributed by atoms with Crippen LogP contribution in [0.25, 0.3) is 10.9 Å². The molecule has 0 amide bonds. The van der Waals surface area contributed by atoms with Crippen LogP contribution in [0.1, 0.15) is 0 Å². The van der Waals surface area contributed by atoms with Gasteiger partial charge < -0.3 is 5.11 Å². The van der Waals surface area contributed by atoms with Crippen molar-refractivity contribution < 1.29 is 5.11 Å². The van der Waals surface area contributed by atoms with Gasteiger partial charge >= 0.3 is 0 Å². The van der Waals surface area contributed by atoms with Crippen LogP contribution >= 0.6 is 23.2 Å². The summed E-state index contributed by atoms with van der Waals surface area (Å²) in [5.74, 6) is 0.107. The number of hydrogen-bond donors (Lipinski definition) is 1. The van der Waals surface area contributed by atoms with E-state index in [4.69, 9.17) is 23.2 Å². The van der Waals surface area contributed by atoms with Gasteiger partial charge in [-0.3, -0.25) is 4.98 Å². The molecule has 0 aliphatic carbocycles. The molecule has 0 atom stereocenters. The van der Waals surface area contributed by atoms with E-state index < -0.39 is 0 Å². The summed E-state index contributed by atoms with van der Waals surface area (Å²) in [5, 5.41) is 11.1. The molecule has 0 aliphatic heterocycles. The molecule has 0 radical (unpaired) electrons. The number of aromatic nitrogens is 1. The molecule has 2 nitrogen and oxygen atoms in total. The fourth-order valence-electron chi connectivity index (χ4n) is 1.15. The summed E-state index contributed by atoms with van der Waals surface area (Å²) in [6, 6.07) is 4.79. The van der Waals surface area contributed by atoms with Crippen molar-refractivity contribution in [2.24, 2.45) is 0 Å². The van der Waals surface area contributed by atoms with E-state index in [1.807, 2.05) is 0 Å². The van der Waals surface area contributed by atoms with Crippen molar-refractivity contribution in [3.63, 3.8) is 0 Å². The van der Waals surface area contributed by atoms with Crippen LogP contribution in [-0.2, 0) is 0 Å². The highest BCUT2D eigenvalue weighted by Gasteiger charge is 2.04. The zero-order chi connectivity index (χ0) is 9.42. The molecule has 0 spiro atoms. The SMILES string of the molecule is Oc1ccc(Cl)c2cc(Cl)cnc12. The maximum Gasteiger partial charge on any atom is 0.141 e. The molecule has 1 N–H and O–H groups in total. The predicted octanol–water partition coefficient (Wildman–Crippen LogP) is 3.25. The standard InChI is InChI=1S/C9H5Cl2NO/c10-5-3-6-7(11)1-2-8(13)9(6)12-4-5/h1-4,13H. The topological polar surface area (TPSA) is 33.1 Å². The van der Waals surface area contributed by atoms with Crippen LogP contribution in [0.2, 0.25) is 10.0 Å². The summed E-state index contributed by atoms with van der Waals surface area (Å²) < 4.78 is 0. The normalized spacial score (nSPS) is 10.6. The van der Waals surface area contributed by atoms with Crippen LogP contribution < -0.4 is 0 Å². The second-order valence-electron chi connectivity index (χ2n) is 2.62. The van der Waals surface area contributed by atoms with Crippen molar-refractivity contribution in [3.05, 3.63) is 34.4 Å². The zero-order valence-electron chi connectivity index (χ0n) is 6.46. The monoisotopic (exact) mass is 213 g/mol. The highest BCUT2D eigenvalue weighted by molar-refractivity contribution is 6.36. The largest absolute Gasteiger partial charge is 0.506 e. The lowest BCUT2D eigenvalue weighted by Crippen LogP contribution is -1.80. The zero-order valence-corrected chi connectivity index (χ0v) is 7.97. The molecular formula is C9H5Cl2NO. The van der Waals surface area contributed by atoms with Gasteiger partial charge in [0.15, 0.2) is 0 Å². The summed E-state index contributed by atoms with van der Waals surface area (Å²) >= 11 is 11.6. The first kappa shape index (κ1) is 8.60. The van der Waals surface area contributed by atoms with Crippen LogP contribution in [0.5, 0.6) is 5.75 Å². The van der Waals surface area contributed by atoms with Gasteiger partial charge in [0, 0.05) is 11.6 Å². The molecule has 13 heavy (non-hydrogen) atoms. The van der Waals surface area contributed by atoms with Crippen molar-refractivity contribution in [2.75, 3.05) is 0 Å². The number of pyridine rings is 1. The molecule has 0 fully saturated rings. The third-order valence-electron chi connectivity index (χ3n) is 1.74. The van der Waals surface area contributed by atoms with Gasteiger partial charge in [-0.15, -0.1) is 0 Å². The van der Waals surface area contributed by atoms with E-state index in [-0.39, 0.29) is 5.75 Å². The molecule has 1 aromatic carbocycles. The molecule has 0 unspecified atom stereocenters. The first-order valence-corrected chi connectivity index (χ1v) is 4.37. The van der Waals surface area contributed by atoms with Gasteiger partial charge in [0.1, 0.15) is 11.3 Å². The molecule has 2 rings (SSSR count). The van der Waals surface area contributed by atoms with Crippen molar-refractivity contribution in [3.8, 4) is 5.75 Å². The summed E-state index contributed by atoms with van der Waals surface area (Å²) in [4.78, 5) is 3.97. The third-order valence-corrected chi connectivity index (χ3v) is 2.28. The lowest BCUT2D eigenvalue weighted by atomic mass is 10.2. The molecule has 4 heteroatoms. The van der Waals surface area contributed by atoms with Gasteiger partial charge in [0.25, 0.3) is 0 Å². The number of rotatable bonds is 0. The maximum atomic E-state index is 9.42. The second kappa shape index (κ2) is 3.05. The number of aromatic hydroxyl groups is 1. The first-order chi connectivity index (χ1) is 6.18. The molecule has 0 bridgehead atoms. The van der Waals surface area contributed by atoms with Gasteiger partial charge in [0.2, 0.25) is 0 Å². The van der Waals surface area contributed by atoms with Crippen LogP contribution in [0.15, 0.2) is 24.4 Å². The van der Waals surface area contributed by atoms with Crippen LogP contribution in [0.4, 0.5) is 0 Å². The fourth-order valence-corrected chi connectivity index (χ4v) is 1.51. The molecule has 1 heterocycles. The molecule has 2 aromatic rings. The van der Waals surface area contributed by atoms with E-state index in [9.17, 15) is 5.11 Å². The summed E-state index contributed by atoms with van der Waals surface area (Å²) in [5.41, 5.74) is 0.469. The van der Waals surface area contributed by atoms with E-state index in [2.05, 4.69) is 4.98 Å². The highest BCUT2D eigenvalue weighted by Crippen LogP contribution is 2.30. The Balaban J connectivity index is 2.92. The minimum absolute atomic E-state index is 0.107. The van der Waals surface area contributed by atoms with Crippen LogP contribution in [0.3, 0.4) is 0 Å². The highest BCUT2D eigenvalue weighted by atomic mass is 35.5. The van der Waals surface area contributed by atoms with Gasteiger partial charge in [-0.1, -0.05) is 23.2 Å². The predicted molar refractivity (Wildman–Crippen MR) is 53.4 cm³/mol. The Bertz CT molecular complexity index is 470. The van der Waals surface area contributed by atoms with Gasteiger partial charge in [-0.05, 0) is 18.2 Å². The number of phenols is 1. The minimum Gasteiger partial charge on any atom is -0.506 e. The van der Waals surface area contributed by atoms with E-state index >= 15 is 0 Å². The number of nitrogens with zero attached hydrogens (tertiary/aromatic N) is 1. The Morgan fingerprint density at radius 3 is 2.77 bits per heavy atom. The average Bonchev–Trinajstić information content (AvgIpc) is 2.12. The summed E-state index contributed by atoms with van der Waals surface area (Å²) in [6.45, 7) is 0. The Morgan fingerprint density at radius 1 is 1.23 bits per heavy atom. The van der Waals surface area contributed by atoms with Crippen LogP contribution in [-0.4, -0.2) is 10.1 Å². The number of halogens is 2.